The van der Waals surface area contributed by atoms with E-state index >= 15 is 0 Å². The van der Waals surface area contributed by atoms with E-state index in [0.29, 0.717) is 35.4 Å². The van der Waals surface area contributed by atoms with Crippen molar-refractivity contribution in [2.75, 3.05) is 24.6 Å². The Balaban J connectivity index is 1.52. The summed E-state index contributed by atoms with van der Waals surface area (Å²) in [6.45, 7) is 1.01. The number of nitrogens with one attached hydrogen (secondary N) is 1. The van der Waals surface area contributed by atoms with E-state index in [1.54, 1.807) is 34.7 Å². The van der Waals surface area contributed by atoms with Crippen molar-refractivity contribution in [3.63, 3.8) is 0 Å². The molecule has 2 aliphatic heterocycles. The quantitative estimate of drug-likeness (QED) is 0.529. The van der Waals surface area contributed by atoms with Crippen molar-refractivity contribution in [2.45, 2.75) is 32.0 Å². The fourth-order valence-corrected chi connectivity index (χ4v) is 6.65. The van der Waals surface area contributed by atoms with Crippen molar-refractivity contribution < 1.29 is 31.5 Å². The Bertz CT molecular complexity index is 1470. The maximum Gasteiger partial charge on any atom is 0.387 e. The Kier molecular flexibility index (Phi) is 5.69. The van der Waals surface area contributed by atoms with Crippen LogP contribution in [-0.2, 0) is 14.6 Å². The fraction of sp³-hybridized carbons (Fsp3) is 0.391. The number of fused-ring (bicyclic) bond motifs is 1. The zero-order valence-electron chi connectivity index (χ0n) is 19.4. The molecule has 0 saturated carbocycles. The standard InChI is InChI=1S/C23H23F2N5O5S/c1-13(31)29-9-16(10-29)30-18-7-15(21(32)27-23(2)11-36(33,34)12-23)8-26-20(18)19(28-30)14-4-3-5-17(6-14)35-22(24)25/h3-8,16,22H,9-12H2,1-2H3,(H,27,32). The largest absolute Gasteiger partial charge is 0.435 e. The highest BCUT2D eigenvalue weighted by Gasteiger charge is 2.46. The lowest BCUT2D eigenvalue weighted by atomic mass is 10.1. The van der Waals surface area contributed by atoms with E-state index in [1.165, 1.54) is 25.3 Å². The number of halogens is 2. The number of ether oxygens (including phenoxy) is 1. The molecule has 0 spiro atoms. The second kappa shape index (κ2) is 8.50. The van der Waals surface area contributed by atoms with Crippen LogP contribution in [0.2, 0.25) is 0 Å². The minimum atomic E-state index is -3.15. The van der Waals surface area contributed by atoms with Crippen molar-refractivity contribution in [1.29, 1.82) is 0 Å². The monoisotopic (exact) mass is 519 g/mol. The minimum Gasteiger partial charge on any atom is -0.435 e. The van der Waals surface area contributed by atoms with Crippen LogP contribution in [0.4, 0.5) is 8.78 Å². The summed E-state index contributed by atoms with van der Waals surface area (Å²) in [4.78, 5) is 30.7. The molecule has 3 aromatic rings. The highest BCUT2D eigenvalue weighted by molar-refractivity contribution is 7.93. The van der Waals surface area contributed by atoms with Gasteiger partial charge in [-0.05, 0) is 25.1 Å². The van der Waals surface area contributed by atoms with E-state index in [-0.39, 0.29) is 34.8 Å². The van der Waals surface area contributed by atoms with Crippen LogP contribution >= 0.6 is 0 Å². The summed E-state index contributed by atoms with van der Waals surface area (Å²) >= 11 is 0. The number of carbonyl (C=O) groups excluding carboxylic acids is 2. The van der Waals surface area contributed by atoms with Gasteiger partial charge in [0.05, 0.1) is 34.2 Å². The first-order valence-electron chi connectivity index (χ1n) is 11.1. The third-order valence-electron chi connectivity index (χ3n) is 6.29. The normalized spacial score (nSPS) is 18.5. The molecule has 36 heavy (non-hydrogen) atoms. The Hall–Kier alpha value is -3.61. The van der Waals surface area contributed by atoms with Crippen LogP contribution in [0.25, 0.3) is 22.3 Å². The van der Waals surface area contributed by atoms with Gasteiger partial charge >= 0.3 is 6.61 Å². The predicted molar refractivity (Wildman–Crippen MR) is 125 cm³/mol. The first-order valence-corrected chi connectivity index (χ1v) is 13.0. The molecule has 2 amide bonds. The number of amides is 2. The van der Waals surface area contributed by atoms with Gasteiger partial charge in [0.1, 0.15) is 17.0 Å². The van der Waals surface area contributed by atoms with Crippen LogP contribution in [0, 0.1) is 0 Å². The van der Waals surface area contributed by atoms with Gasteiger partial charge in [0, 0.05) is 31.8 Å². The third kappa shape index (κ3) is 4.50. The van der Waals surface area contributed by atoms with E-state index in [9.17, 15) is 26.8 Å². The maximum atomic E-state index is 12.9. The van der Waals surface area contributed by atoms with Gasteiger partial charge in [0.25, 0.3) is 5.91 Å². The smallest absolute Gasteiger partial charge is 0.387 e. The second-order valence-corrected chi connectivity index (χ2v) is 11.5. The average Bonchev–Trinajstić information content (AvgIpc) is 3.09. The average molecular weight is 520 g/mol. The van der Waals surface area contributed by atoms with Gasteiger partial charge in [-0.2, -0.15) is 13.9 Å². The number of benzene rings is 1. The number of hydrogen-bond donors (Lipinski definition) is 1. The van der Waals surface area contributed by atoms with Crippen LogP contribution < -0.4 is 10.1 Å². The summed E-state index contributed by atoms with van der Waals surface area (Å²) in [5, 5.41) is 7.44. The molecule has 190 valence electrons. The number of nitrogens with zero attached hydrogens (tertiary/aromatic N) is 4. The molecule has 0 radical (unpaired) electrons. The highest BCUT2D eigenvalue weighted by Crippen LogP contribution is 2.33. The zero-order chi connectivity index (χ0) is 25.8. The van der Waals surface area contributed by atoms with Gasteiger partial charge < -0.3 is 15.0 Å². The van der Waals surface area contributed by atoms with E-state index < -0.39 is 27.9 Å². The molecule has 1 aromatic carbocycles. The maximum absolute atomic E-state index is 12.9. The molecule has 1 N–H and O–H groups in total. The van der Waals surface area contributed by atoms with Crippen molar-refractivity contribution in [3.05, 3.63) is 42.1 Å². The number of rotatable bonds is 6. The Morgan fingerprint density at radius 1 is 1.22 bits per heavy atom. The summed E-state index contributed by atoms with van der Waals surface area (Å²) in [5.74, 6) is -0.840. The lowest BCUT2D eigenvalue weighted by molar-refractivity contribution is -0.134. The molecule has 13 heteroatoms. The number of sulfone groups is 1. The van der Waals surface area contributed by atoms with Gasteiger partial charge in [-0.15, -0.1) is 0 Å². The van der Waals surface area contributed by atoms with Gasteiger partial charge in [-0.1, -0.05) is 12.1 Å². The molecule has 0 bridgehead atoms. The van der Waals surface area contributed by atoms with Crippen molar-refractivity contribution >= 4 is 32.7 Å². The fourth-order valence-electron chi connectivity index (χ4n) is 4.65. The summed E-state index contributed by atoms with van der Waals surface area (Å²) in [6, 6.07) is 7.53. The third-order valence-corrected chi connectivity index (χ3v) is 8.44. The SMILES string of the molecule is CC(=O)N1CC(n2nc(-c3cccc(OC(F)F)c3)c3ncc(C(=O)NC4(C)CS(=O)(=O)C4)cc32)C1. The van der Waals surface area contributed by atoms with Crippen molar-refractivity contribution in [3.8, 4) is 17.0 Å². The molecular weight excluding hydrogens is 496 g/mol. The topological polar surface area (TPSA) is 123 Å². The number of pyridine rings is 1. The van der Waals surface area contributed by atoms with Crippen LogP contribution in [0.15, 0.2) is 36.5 Å². The van der Waals surface area contributed by atoms with Crippen molar-refractivity contribution in [1.82, 2.24) is 25.0 Å². The molecule has 0 unspecified atom stereocenters. The first kappa shape index (κ1) is 24.1. The molecule has 0 aliphatic carbocycles. The van der Waals surface area contributed by atoms with Gasteiger partial charge in [-0.3, -0.25) is 19.3 Å². The van der Waals surface area contributed by atoms with E-state index in [0.717, 1.165) is 0 Å². The van der Waals surface area contributed by atoms with E-state index in [2.05, 4.69) is 20.1 Å². The lowest BCUT2D eigenvalue weighted by Gasteiger charge is -2.39. The molecular formula is C23H23F2N5O5S. The molecule has 2 fully saturated rings. The number of likely N-dealkylation sites (tertiary alicyclic amines) is 1. The van der Waals surface area contributed by atoms with Gasteiger partial charge in [-0.25, -0.2) is 8.42 Å². The molecule has 2 aliphatic rings. The summed E-state index contributed by atoms with van der Waals surface area (Å²) in [5.41, 5.74) is 1.25. The number of aromatic nitrogens is 3. The lowest BCUT2D eigenvalue weighted by Crippen LogP contribution is -2.63. The number of hydrogen-bond acceptors (Lipinski definition) is 7. The first-order chi connectivity index (χ1) is 16.9. The summed E-state index contributed by atoms with van der Waals surface area (Å²) in [6.07, 6.45) is 1.37. The van der Waals surface area contributed by atoms with Crippen molar-refractivity contribution in [2.24, 2.45) is 0 Å². The Morgan fingerprint density at radius 3 is 2.58 bits per heavy atom. The molecule has 10 nitrogen and oxygen atoms in total. The molecule has 0 atom stereocenters. The molecule has 5 rings (SSSR count). The Labute approximate surface area is 205 Å². The van der Waals surface area contributed by atoms with Crippen LogP contribution in [-0.4, -0.2) is 76.6 Å². The molecule has 2 aromatic heterocycles. The summed E-state index contributed by atoms with van der Waals surface area (Å²) < 4.78 is 54.8. The number of carbonyl (C=O) groups is 2. The second-order valence-electron chi connectivity index (χ2n) is 9.42. The number of alkyl halides is 2. The van der Waals surface area contributed by atoms with Crippen LogP contribution in [0.3, 0.4) is 0 Å². The minimum absolute atomic E-state index is 0.0312. The van der Waals surface area contributed by atoms with E-state index in [1.807, 2.05) is 0 Å². The predicted octanol–water partition coefficient (Wildman–Crippen LogP) is 2.02. The van der Waals surface area contributed by atoms with Gasteiger partial charge in [0.2, 0.25) is 5.91 Å². The van der Waals surface area contributed by atoms with Gasteiger partial charge in [0.15, 0.2) is 9.84 Å². The van der Waals surface area contributed by atoms with Crippen LogP contribution in [0.5, 0.6) is 5.75 Å². The van der Waals surface area contributed by atoms with E-state index in [4.69, 9.17) is 0 Å². The highest BCUT2D eigenvalue weighted by atomic mass is 32.2. The zero-order valence-corrected chi connectivity index (χ0v) is 20.3. The van der Waals surface area contributed by atoms with Crippen LogP contribution in [0.1, 0.15) is 30.2 Å². The summed E-state index contributed by atoms with van der Waals surface area (Å²) in [7, 11) is -3.15. The molecule has 2 saturated heterocycles. The Morgan fingerprint density at radius 2 is 1.94 bits per heavy atom. The molecule has 4 heterocycles.